The maximum absolute atomic E-state index is 11.1. The van der Waals surface area contributed by atoms with Crippen molar-refractivity contribution in [3.8, 4) is 0 Å². The quantitative estimate of drug-likeness (QED) is 0.488. The van der Waals surface area contributed by atoms with Gasteiger partial charge in [0.05, 0.1) is 7.05 Å². The molecule has 0 aliphatic rings. The van der Waals surface area contributed by atoms with Crippen LogP contribution in [0.1, 0.15) is 19.9 Å². The molecule has 0 N–H and O–H groups in total. The Hall–Kier alpha value is -1.45. The van der Waals surface area contributed by atoms with E-state index in [1.165, 1.54) is 13.8 Å². The third-order valence-corrected chi connectivity index (χ3v) is 1.86. The summed E-state index contributed by atoms with van der Waals surface area (Å²) in [6.07, 6.45) is 5.22. The van der Waals surface area contributed by atoms with E-state index in [0.29, 0.717) is 0 Å². The van der Waals surface area contributed by atoms with E-state index in [0.717, 1.165) is 0 Å². The summed E-state index contributed by atoms with van der Waals surface area (Å²) in [4.78, 5) is 22.3. The molecule has 0 aliphatic carbocycles. The Morgan fingerprint density at radius 1 is 1.31 bits per heavy atom. The molecule has 1 aromatic heterocycles. The largest absolute Gasteiger partial charge is 0.295 e. The minimum atomic E-state index is -0.666. The number of aryl methyl sites for hydroxylation is 1. The van der Waals surface area contributed by atoms with Crippen LogP contribution < -0.4 is 4.57 Å². The number of aromatic nitrogens is 2. The minimum absolute atomic E-state index is 0.135. The SMILES string of the molecule is CC(=O)C(C(C)=O)n1cc[n+](C)c1. The molecule has 0 spiro atoms. The van der Waals surface area contributed by atoms with E-state index in [1.807, 2.05) is 7.05 Å². The number of imidazole rings is 1. The van der Waals surface area contributed by atoms with E-state index in [9.17, 15) is 9.59 Å². The second kappa shape index (κ2) is 3.51. The predicted molar refractivity (Wildman–Crippen MR) is 46.0 cm³/mol. The summed E-state index contributed by atoms with van der Waals surface area (Å²) >= 11 is 0. The maximum Gasteiger partial charge on any atom is 0.244 e. The lowest BCUT2D eigenvalue weighted by Crippen LogP contribution is -2.28. The van der Waals surface area contributed by atoms with E-state index < -0.39 is 6.04 Å². The molecule has 4 nitrogen and oxygen atoms in total. The zero-order chi connectivity index (χ0) is 10.0. The predicted octanol–water partition coefficient (Wildman–Crippen LogP) is 0.0317. The number of carbonyl (C=O) groups excluding carboxylic acids is 2. The number of hydrogen-bond donors (Lipinski definition) is 0. The summed E-state index contributed by atoms with van der Waals surface area (Å²) < 4.78 is 3.41. The first-order valence-corrected chi connectivity index (χ1v) is 4.06. The Morgan fingerprint density at radius 3 is 2.15 bits per heavy atom. The van der Waals surface area contributed by atoms with Gasteiger partial charge in [0, 0.05) is 0 Å². The van der Waals surface area contributed by atoms with Crippen molar-refractivity contribution in [3.63, 3.8) is 0 Å². The molecule has 0 atom stereocenters. The number of rotatable bonds is 3. The maximum atomic E-state index is 11.1. The number of Topliss-reactive ketones (excluding diaryl/α,β-unsaturated/α-hetero) is 2. The van der Waals surface area contributed by atoms with Gasteiger partial charge in [-0.25, -0.2) is 9.13 Å². The topological polar surface area (TPSA) is 43.0 Å². The molecular formula is C9H13N2O2+. The molecule has 0 aromatic carbocycles. The van der Waals surface area contributed by atoms with E-state index in [1.54, 1.807) is 27.9 Å². The number of nitrogens with zero attached hydrogens (tertiary/aromatic N) is 2. The minimum Gasteiger partial charge on any atom is -0.295 e. The van der Waals surface area contributed by atoms with Crippen LogP contribution in [0, 0.1) is 0 Å². The average Bonchev–Trinajstić information content (AvgIpc) is 2.34. The Labute approximate surface area is 76.8 Å². The standard InChI is InChI=1S/C9H13N2O2/c1-7(12)9(8(2)13)11-5-4-10(3)6-11/h4-6,9H,1-3H3/q+1. The molecule has 0 aliphatic heterocycles. The van der Waals surface area contributed by atoms with E-state index >= 15 is 0 Å². The lowest BCUT2D eigenvalue weighted by atomic mass is 10.1. The molecule has 0 amide bonds. The Kier molecular flexibility index (Phi) is 2.60. The Bertz CT molecular complexity index is 327. The van der Waals surface area contributed by atoms with Crippen LogP contribution in [0.25, 0.3) is 0 Å². The number of ketones is 2. The highest BCUT2D eigenvalue weighted by atomic mass is 16.2. The summed E-state index contributed by atoms with van der Waals surface area (Å²) in [7, 11) is 1.84. The van der Waals surface area contributed by atoms with E-state index in [2.05, 4.69) is 0 Å². The van der Waals surface area contributed by atoms with Gasteiger partial charge in [-0.2, -0.15) is 0 Å². The van der Waals surface area contributed by atoms with Crippen molar-refractivity contribution >= 4 is 11.6 Å². The summed E-state index contributed by atoms with van der Waals surface area (Å²) in [6, 6.07) is -0.666. The van der Waals surface area contributed by atoms with Crippen LogP contribution >= 0.6 is 0 Å². The lowest BCUT2D eigenvalue weighted by Gasteiger charge is -2.04. The van der Waals surface area contributed by atoms with Gasteiger partial charge in [-0.15, -0.1) is 0 Å². The van der Waals surface area contributed by atoms with Crippen molar-refractivity contribution in [3.05, 3.63) is 18.7 Å². The highest BCUT2D eigenvalue weighted by Gasteiger charge is 2.25. The first-order valence-electron chi connectivity index (χ1n) is 4.06. The van der Waals surface area contributed by atoms with Gasteiger partial charge in [0.25, 0.3) is 0 Å². The van der Waals surface area contributed by atoms with Gasteiger partial charge in [-0.1, -0.05) is 0 Å². The van der Waals surface area contributed by atoms with Crippen molar-refractivity contribution in [2.24, 2.45) is 7.05 Å². The third kappa shape index (κ3) is 2.02. The molecule has 1 heterocycles. The van der Waals surface area contributed by atoms with Crippen molar-refractivity contribution < 1.29 is 14.2 Å². The summed E-state index contributed by atoms with van der Waals surface area (Å²) in [5, 5.41) is 0. The van der Waals surface area contributed by atoms with Gasteiger partial charge in [0.1, 0.15) is 12.4 Å². The zero-order valence-electron chi connectivity index (χ0n) is 8.02. The van der Waals surface area contributed by atoms with Crippen LogP contribution in [-0.4, -0.2) is 16.1 Å². The van der Waals surface area contributed by atoms with Gasteiger partial charge < -0.3 is 0 Å². The molecular weight excluding hydrogens is 168 g/mol. The monoisotopic (exact) mass is 181 g/mol. The van der Waals surface area contributed by atoms with Crippen LogP contribution in [0.3, 0.4) is 0 Å². The van der Waals surface area contributed by atoms with E-state index in [4.69, 9.17) is 0 Å². The van der Waals surface area contributed by atoms with Crippen molar-refractivity contribution in [2.75, 3.05) is 0 Å². The summed E-state index contributed by atoms with van der Waals surface area (Å²) in [5.74, 6) is -0.271. The highest BCUT2D eigenvalue weighted by Crippen LogP contribution is 2.07. The van der Waals surface area contributed by atoms with Gasteiger partial charge >= 0.3 is 0 Å². The van der Waals surface area contributed by atoms with Crippen LogP contribution in [0.15, 0.2) is 18.7 Å². The molecule has 0 saturated heterocycles. The van der Waals surface area contributed by atoms with Crippen LogP contribution in [0.5, 0.6) is 0 Å². The smallest absolute Gasteiger partial charge is 0.244 e. The van der Waals surface area contributed by atoms with Crippen LogP contribution in [0.4, 0.5) is 0 Å². The fourth-order valence-corrected chi connectivity index (χ4v) is 1.33. The van der Waals surface area contributed by atoms with Gasteiger partial charge in [-0.05, 0) is 13.8 Å². The molecule has 0 fully saturated rings. The molecule has 13 heavy (non-hydrogen) atoms. The first kappa shape index (κ1) is 9.64. The Morgan fingerprint density at radius 2 is 1.85 bits per heavy atom. The highest BCUT2D eigenvalue weighted by molar-refractivity contribution is 6.02. The summed E-state index contributed by atoms with van der Waals surface area (Å²) in [6.45, 7) is 2.85. The molecule has 1 rings (SSSR count). The molecule has 1 aromatic rings. The second-order valence-corrected chi connectivity index (χ2v) is 3.15. The molecule has 0 unspecified atom stereocenters. The molecule has 70 valence electrons. The van der Waals surface area contributed by atoms with Crippen molar-refractivity contribution in [1.82, 2.24) is 4.57 Å². The van der Waals surface area contributed by atoms with Crippen molar-refractivity contribution in [1.29, 1.82) is 0 Å². The van der Waals surface area contributed by atoms with E-state index in [-0.39, 0.29) is 11.6 Å². The fraction of sp³-hybridized carbons (Fsp3) is 0.444. The molecule has 0 radical (unpaired) electrons. The summed E-state index contributed by atoms with van der Waals surface area (Å²) in [5.41, 5.74) is 0. The average molecular weight is 181 g/mol. The van der Waals surface area contributed by atoms with Gasteiger partial charge in [-0.3, -0.25) is 9.59 Å². The molecule has 0 saturated carbocycles. The fourth-order valence-electron chi connectivity index (χ4n) is 1.33. The number of hydrogen-bond acceptors (Lipinski definition) is 2. The number of carbonyl (C=O) groups is 2. The Balaban J connectivity index is 3.02. The van der Waals surface area contributed by atoms with Gasteiger partial charge in [0.2, 0.25) is 12.4 Å². The third-order valence-electron chi connectivity index (χ3n) is 1.86. The van der Waals surface area contributed by atoms with Crippen LogP contribution in [-0.2, 0) is 16.6 Å². The first-order chi connectivity index (χ1) is 6.02. The lowest BCUT2D eigenvalue weighted by molar-refractivity contribution is -0.671. The molecule has 4 heteroatoms. The normalized spacial score (nSPS) is 10.5. The second-order valence-electron chi connectivity index (χ2n) is 3.15. The molecule has 0 bridgehead atoms. The van der Waals surface area contributed by atoms with Crippen LogP contribution in [0.2, 0.25) is 0 Å². The van der Waals surface area contributed by atoms with Gasteiger partial charge in [0.15, 0.2) is 11.6 Å². The zero-order valence-corrected chi connectivity index (χ0v) is 8.02. The van der Waals surface area contributed by atoms with Crippen molar-refractivity contribution in [2.45, 2.75) is 19.9 Å².